The SMILES string of the molecule is NC(=O)c1cc(-c2ccc(N)nc2)cn2ncnc12. The normalized spacial score (nSPS) is 10.7. The fraction of sp³-hybridized carbons (Fsp3) is 0. The van der Waals surface area contributed by atoms with Crippen molar-refractivity contribution in [3.8, 4) is 11.1 Å². The van der Waals surface area contributed by atoms with E-state index in [1.807, 2.05) is 6.07 Å². The first-order valence-electron chi connectivity index (χ1n) is 5.50. The largest absolute Gasteiger partial charge is 0.384 e. The van der Waals surface area contributed by atoms with Gasteiger partial charge in [-0.2, -0.15) is 5.10 Å². The smallest absolute Gasteiger partial charge is 0.252 e. The summed E-state index contributed by atoms with van der Waals surface area (Å²) in [6.07, 6.45) is 4.74. The van der Waals surface area contributed by atoms with Crippen molar-refractivity contribution >= 4 is 17.4 Å². The highest BCUT2D eigenvalue weighted by molar-refractivity contribution is 5.99. The molecule has 19 heavy (non-hydrogen) atoms. The van der Waals surface area contributed by atoms with E-state index in [-0.39, 0.29) is 0 Å². The summed E-state index contributed by atoms with van der Waals surface area (Å²) in [5.74, 6) is -0.121. The summed E-state index contributed by atoms with van der Waals surface area (Å²) in [5.41, 5.74) is 13.2. The first-order valence-corrected chi connectivity index (χ1v) is 5.50. The van der Waals surface area contributed by atoms with Crippen molar-refractivity contribution in [3.05, 3.63) is 42.5 Å². The molecule has 3 heterocycles. The Bertz CT molecular complexity index is 761. The summed E-state index contributed by atoms with van der Waals surface area (Å²) >= 11 is 0. The van der Waals surface area contributed by atoms with Crippen molar-refractivity contribution in [3.63, 3.8) is 0 Å². The van der Waals surface area contributed by atoms with Gasteiger partial charge in [0.15, 0.2) is 5.65 Å². The van der Waals surface area contributed by atoms with Crippen LogP contribution >= 0.6 is 0 Å². The van der Waals surface area contributed by atoms with Gasteiger partial charge in [0, 0.05) is 23.5 Å². The van der Waals surface area contributed by atoms with Crippen molar-refractivity contribution in [2.45, 2.75) is 0 Å². The summed E-state index contributed by atoms with van der Waals surface area (Å²) < 4.78 is 1.51. The van der Waals surface area contributed by atoms with Crippen LogP contribution in [0.15, 0.2) is 36.9 Å². The lowest BCUT2D eigenvalue weighted by molar-refractivity contribution is 0.100. The van der Waals surface area contributed by atoms with Crippen molar-refractivity contribution in [2.75, 3.05) is 5.73 Å². The summed E-state index contributed by atoms with van der Waals surface area (Å²) in [6.45, 7) is 0. The summed E-state index contributed by atoms with van der Waals surface area (Å²) in [4.78, 5) is 19.5. The number of fused-ring (bicyclic) bond motifs is 1. The molecule has 0 spiro atoms. The second-order valence-electron chi connectivity index (χ2n) is 4.01. The van der Waals surface area contributed by atoms with Crippen LogP contribution in [0.25, 0.3) is 16.8 Å². The van der Waals surface area contributed by atoms with Crippen LogP contribution < -0.4 is 11.5 Å². The molecule has 0 atom stereocenters. The number of pyridine rings is 2. The van der Waals surface area contributed by atoms with Gasteiger partial charge in [-0.05, 0) is 18.2 Å². The summed E-state index contributed by atoms with van der Waals surface area (Å²) in [5, 5.41) is 4.02. The van der Waals surface area contributed by atoms with E-state index in [1.165, 1.54) is 10.8 Å². The molecule has 0 aliphatic carbocycles. The molecule has 0 fully saturated rings. The van der Waals surface area contributed by atoms with E-state index in [1.54, 1.807) is 24.5 Å². The topological polar surface area (TPSA) is 112 Å². The highest BCUT2D eigenvalue weighted by Crippen LogP contribution is 2.21. The van der Waals surface area contributed by atoms with Gasteiger partial charge in [0.1, 0.15) is 12.1 Å². The molecule has 3 rings (SSSR count). The zero-order valence-corrected chi connectivity index (χ0v) is 9.82. The Hall–Kier alpha value is -2.96. The van der Waals surface area contributed by atoms with Gasteiger partial charge in [-0.15, -0.1) is 0 Å². The zero-order chi connectivity index (χ0) is 13.4. The second-order valence-corrected chi connectivity index (χ2v) is 4.01. The number of aromatic nitrogens is 4. The van der Waals surface area contributed by atoms with Crippen LogP contribution in [-0.4, -0.2) is 25.5 Å². The molecule has 1 amide bonds. The third-order valence-corrected chi connectivity index (χ3v) is 2.76. The average Bonchev–Trinajstić information content (AvgIpc) is 2.86. The van der Waals surface area contributed by atoms with Gasteiger partial charge in [-0.1, -0.05) is 0 Å². The van der Waals surface area contributed by atoms with Gasteiger partial charge in [-0.25, -0.2) is 14.5 Å². The third kappa shape index (κ3) is 1.86. The number of hydrogen-bond donors (Lipinski definition) is 2. The number of hydrogen-bond acceptors (Lipinski definition) is 5. The Kier molecular flexibility index (Phi) is 2.38. The van der Waals surface area contributed by atoms with Crippen LogP contribution in [0.4, 0.5) is 5.82 Å². The first kappa shape index (κ1) is 11.1. The summed E-state index contributed by atoms with van der Waals surface area (Å²) in [7, 11) is 0. The number of nitrogens with two attached hydrogens (primary N) is 2. The molecule has 7 heteroatoms. The summed E-state index contributed by atoms with van der Waals surface area (Å²) in [6, 6.07) is 5.16. The van der Waals surface area contributed by atoms with E-state index in [0.717, 1.165) is 11.1 Å². The van der Waals surface area contributed by atoms with Crippen molar-refractivity contribution in [1.82, 2.24) is 19.6 Å². The van der Waals surface area contributed by atoms with Crippen LogP contribution in [0.1, 0.15) is 10.4 Å². The Labute approximate surface area is 107 Å². The van der Waals surface area contributed by atoms with Crippen LogP contribution in [0.2, 0.25) is 0 Å². The number of anilines is 1. The van der Waals surface area contributed by atoms with Crippen LogP contribution in [-0.2, 0) is 0 Å². The van der Waals surface area contributed by atoms with Crippen molar-refractivity contribution < 1.29 is 4.79 Å². The molecule has 94 valence electrons. The highest BCUT2D eigenvalue weighted by atomic mass is 16.1. The lowest BCUT2D eigenvalue weighted by Gasteiger charge is -2.05. The van der Waals surface area contributed by atoms with E-state index in [2.05, 4.69) is 15.1 Å². The van der Waals surface area contributed by atoms with Gasteiger partial charge in [0.05, 0.1) is 5.56 Å². The van der Waals surface area contributed by atoms with E-state index >= 15 is 0 Å². The number of nitrogen functional groups attached to an aromatic ring is 1. The maximum absolute atomic E-state index is 11.5. The molecular formula is C12H10N6O. The van der Waals surface area contributed by atoms with E-state index in [4.69, 9.17) is 11.5 Å². The lowest BCUT2D eigenvalue weighted by Crippen LogP contribution is -2.13. The molecule has 4 N–H and O–H groups in total. The Balaban J connectivity index is 2.24. The number of carbonyl (C=O) groups excluding carboxylic acids is 1. The number of rotatable bonds is 2. The quantitative estimate of drug-likeness (QED) is 0.690. The number of nitrogens with zero attached hydrogens (tertiary/aromatic N) is 4. The zero-order valence-electron chi connectivity index (χ0n) is 9.82. The molecule has 0 bridgehead atoms. The van der Waals surface area contributed by atoms with Gasteiger partial charge in [0.25, 0.3) is 5.91 Å². The van der Waals surface area contributed by atoms with Gasteiger partial charge < -0.3 is 11.5 Å². The predicted octanol–water partition coefficient (Wildman–Crippen LogP) is 0.472. The van der Waals surface area contributed by atoms with E-state index in [9.17, 15) is 4.79 Å². The lowest BCUT2D eigenvalue weighted by atomic mass is 10.1. The Morgan fingerprint density at radius 2 is 2.05 bits per heavy atom. The monoisotopic (exact) mass is 254 g/mol. The maximum atomic E-state index is 11.5. The molecule has 3 aromatic heterocycles. The third-order valence-electron chi connectivity index (χ3n) is 2.76. The van der Waals surface area contributed by atoms with Gasteiger partial charge in [-0.3, -0.25) is 4.79 Å². The molecule has 0 radical (unpaired) electrons. The number of carbonyl (C=O) groups is 1. The number of amides is 1. The first-order chi connectivity index (χ1) is 9.15. The average molecular weight is 254 g/mol. The minimum absolute atomic E-state index is 0.312. The minimum Gasteiger partial charge on any atom is -0.384 e. The van der Waals surface area contributed by atoms with Crippen molar-refractivity contribution in [2.24, 2.45) is 5.73 Å². The van der Waals surface area contributed by atoms with Crippen LogP contribution in [0, 0.1) is 0 Å². The standard InChI is InChI=1S/C12H10N6O/c13-10-2-1-7(4-15-10)8-3-9(11(14)19)12-16-6-17-18(12)5-8/h1-6H,(H2,13,15)(H2,14,19). The Morgan fingerprint density at radius 3 is 2.74 bits per heavy atom. The van der Waals surface area contributed by atoms with Crippen LogP contribution in [0.3, 0.4) is 0 Å². The van der Waals surface area contributed by atoms with Crippen molar-refractivity contribution in [1.29, 1.82) is 0 Å². The fourth-order valence-corrected chi connectivity index (χ4v) is 1.84. The predicted molar refractivity (Wildman–Crippen MR) is 69.1 cm³/mol. The molecule has 0 saturated carbocycles. The molecule has 0 aliphatic rings. The maximum Gasteiger partial charge on any atom is 0.252 e. The molecule has 0 aromatic carbocycles. The molecule has 0 aliphatic heterocycles. The number of primary amides is 1. The van der Waals surface area contributed by atoms with E-state index in [0.29, 0.717) is 17.0 Å². The molecule has 0 unspecified atom stereocenters. The van der Waals surface area contributed by atoms with E-state index < -0.39 is 5.91 Å². The van der Waals surface area contributed by atoms with Gasteiger partial charge >= 0.3 is 0 Å². The molecular weight excluding hydrogens is 244 g/mol. The second kappa shape index (κ2) is 4.05. The molecule has 3 aromatic rings. The molecule has 0 saturated heterocycles. The van der Waals surface area contributed by atoms with Gasteiger partial charge in [0.2, 0.25) is 0 Å². The Morgan fingerprint density at radius 1 is 1.21 bits per heavy atom. The minimum atomic E-state index is -0.553. The highest BCUT2D eigenvalue weighted by Gasteiger charge is 2.12. The molecule has 7 nitrogen and oxygen atoms in total. The fourth-order valence-electron chi connectivity index (χ4n) is 1.84. The van der Waals surface area contributed by atoms with Crippen LogP contribution in [0.5, 0.6) is 0 Å².